The molecule has 1 aromatic heterocycles. The number of rotatable bonds is 3. The van der Waals surface area contributed by atoms with Gasteiger partial charge in [0, 0.05) is 5.56 Å². The average molecular weight is 227 g/mol. The fourth-order valence-corrected chi connectivity index (χ4v) is 2.78. The maximum absolute atomic E-state index is 6.39. The van der Waals surface area contributed by atoms with Gasteiger partial charge in [0.1, 0.15) is 5.15 Å². The number of hydrogen-bond donors (Lipinski definition) is 0. The molecule has 84 valence electrons. The Labute approximate surface area is 96.6 Å². The van der Waals surface area contributed by atoms with Crippen LogP contribution in [0, 0.1) is 12.8 Å². The third kappa shape index (κ3) is 1.92. The first-order valence-electron chi connectivity index (χ1n) is 5.76. The van der Waals surface area contributed by atoms with E-state index in [0.29, 0.717) is 12.0 Å². The minimum Gasteiger partial charge on any atom is -0.250 e. The van der Waals surface area contributed by atoms with Gasteiger partial charge < -0.3 is 0 Å². The third-order valence-corrected chi connectivity index (χ3v) is 3.72. The van der Waals surface area contributed by atoms with E-state index in [1.807, 2.05) is 4.68 Å². The molecule has 1 aromatic rings. The number of nitrogens with zero attached hydrogens (tertiary/aromatic N) is 2. The van der Waals surface area contributed by atoms with Crippen LogP contribution < -0.4 is 0 Å². The van der Waals surface area contributed by atoms with Gasteiger partial charge >= 0.3 is 0 Å². The molecule has 1 aliphatic rings. The van der Waals surface area contributed by atoms with E-state index in [0.717, 1.165) is 16.8 Å². The maximum atomic E-state index is 6.39. The van der Waals surface area contributed by atoms with Crippen molar-refractivity contribution >= 4 is 11.6 Å². The molecule has 1 atom stereocenters. The number of aromatic nitrogens is 2. The van der Waals surface area contributed by atoms with Crippen molar-refractivity contribution in [2.45, 2.75) is 52.5 Å². The van der Waals surface area contributed by atoms with Crippen LogP contribution in [0.3, 0.4) is 0 Å². The zero-order valence-electron chi connectivity index (χ0n) is 9.92. The second kappa shape index (κ2) is 3.82. The van der Waals surface area contributed by atoms with Gasteiger partial charge in [0.25, 0.3) is 0 Å². The lowest BCUT2D eigenvalue weighted by molar-refractivity contribution is 0.438. The molecule has 1 saturated carbocycles. The molecule has 15 heavy (non-hydrogen) atoms. The molecule has 1 fully saturated rings. The Morgan fingerprint density at radius 1 is 1.33 bits per heavy atom. The van der Waals surface area contributed by atoms with E-state index in [-0.39, 0.29) is 0 Å². The Hall–Kier alpha value is -0.500. The average Bonchev–Trinajstić information content (AvgIpc) is 2.91. The molecule has 0 saturated heterocycles. The van der Waals surface area contributed by atoms with E-state index < -0.39 is 0 Å². The Morgan fingerprint density at radius 2 is 1.93 bits per heavy atom. The number of aryl methyl sites for hydroxylation is 1. The van der Waals surface area contributed by atoms with Gasteiger partial charge in [-0.05, 0) is 38.5 Å². The summed E-state index contributed by atoms with van der Waals surface area (Å²) in [4.78, 5) is 0. The Balaban J connectivity index is 2.36. The van der Waals surface area contributed by atoms with Crippen LogP contribution in [0.15, 0.2) is 0 Å². The van der Waals surface area contributed by atoms with Crippen LogP contribution in [-0.4, -0.2) is 9.78 Å². The van der Waals surface area contributed by atoms with Crippen molar-refractivity contribution in [3.8, 4) is 0 Å². The molecular formula is C12H19ClN2. The van der Waals surface area contributed by atoms with Gasteiger partial charge in [-0.15, -0.1) is 0 Å². The molecule has 0 spiro atoms. The van der Waals surface area contributed by atoms with Crippen molar-refractivity contribution in [3.05, 3.63) is 16.4 Å². The lowest BCUT2D eigenvalue weighted by Gasteiger charge is -2.12. The predicted octanol–water partition coefficient (Wildman–Crippen LogP) is 3.94. The van der Waals surface area contributed by atoms with Gasteiger partial charge in [-0.25, -0.2) is 0 Å². The molecule has 3 heteroatoms. The molecule has 1 heterocycles. The van der Waals surface area contributed by atoms with Gasteiger partial charge in [-0.2, -0.15) is 5.10 Å². The highest BCUT2D eigenvalue weighted by Gasteiger charge is 2.32. The van der Waals surface area contributed by atoms with E-state index in [1.54, 1.807) is 0 Å². The minimum atomic E-state index is 0.456. The standard InChI is InChI=1S/C12H19ClN2/c1-7(2)11-8(3)14-15(12(11)13)9(4)10-5-6-10/h7,9-10H,5-6H2,1-4H3. The Bertz CT molecular complexity index is 364. The molecule has 0 aliphatic heterocycles. The number of hydrogen-bond acceptors (Lipinski definition) is 1. The molecule has 0 bridgehead atoms. The third-order valence-electron chi connectivity index (χ3n) is 3.34. The lowest BCUT2D eigenvalue weighted by Crippen LogP contribution is -2.09. The first-order chi connectivity index (χ1) is 7.02. The molecule has 0 radical (unpaired) electrons. The quantitative estimate of drug-likeness (QED) is 0.764. The van der Waals surface area contributed by atoms with Crippen LogP contribution in [0.2, 0.25) is 5.15 Å². The van der Waals surface area contributed by atoms with Gasteiger partial charge in [0.05, 0.1) is 11.7 Å². The van der Waals surface area contributed by atoms with Crippen molar-refractivity contribution in [3.63, 3.8) is 0 Å². The van der Waals surface area contributed by atoms with Crippen LogP contribution in [0.5, 0.6) is 0 Å². The van der Waals surface area contributed by atoms with Crippen LogP contribution in [0.1, 0.15) is 56.8 Å². The SMILES string of the molecule is Cc1nn(C(C)C2CC2)c(Cl)c1C(C)C. The van der Waals surface area contributed by atoms with Gasteiger partial charge in [0.15, 0.2) is 0 Å². The van der Waals surface area contributed by atoms with Crippen molar-refractivity contribution in [2.24, 2.45) is 5.92 Å². The molecular weight excluding hydrogens is 208 g/mol. The number of halogens is 1. The first kappa shape index (κ1) is 11.0. The molecule has 2 nitrogen and oxygen atoms in total. The lowest BCUT2D eigenvalue weighted by atomic mass is 10.1. The summed E-state index contributed by atoms with van der Waals surface area (Å²) in [6.07, 6.45) is 2.65. The predicted molar refractivity (Wildman–Crippen MR) is 63.5 cm³/mol. The van der Waals surface area contributed by atoms with E-state index in [2.05, 4.69) is 32.8 Å². The summed E-state index contributed by atoms with van der Waals surface area (Å²) in [7, 11) is 0. The summed E-state index contributed by atoms with van der Waals surface area (Å²) in [5, 5.41) is 5.43. The second-order valence-electron chi connectivity index (χ2n) is 4.97. The van der Waals surface area contributed by atoms with Gasteiger partial charge in [-0.1, -0.05) is 25.4 Å². The summed E-state index contributed by atoms with van der Waals surface area (Å²) >= 11 is 6.39. The minimum absolute atomic E-state index is 0.456. The molecule has 1 unspecified atom stereocenters. The molecule has 2 rings (SSSR count). The van der Waals surface area contributed by atoms with Gasteiger partial charge in [-0.3, -0.25) is 4.68 Å². The van der Waals surface area contributed by atoms with Crippen molar-refractivity contribution in [1.29, 1.82) is 0 Å². The summed E-state index contributed by atoms with van der Waals surface area (Å²) in [5.41, 5.74) is 2.30. The molecule has 0 amide bonds. The van der Waals surface area contributed by atoms with Crippen molar-refractivity contribution < 1.29 is 0 Å². The van der Waals surface area contributed by atoms with Crippen LogP contribution >= 0.6 is 11.6 Å². The molecule has 0 aromatic carbocycles. The Morgan fingerprint density at radius 3 is 2.33 bits per heavy atom. The maximum Gasteiger partial charge on any atom is 0.131 e. The highest BCUT2D eigenvalue weighted by molar-refractivity contribution is 6.30. The van der Waals surface area contributed by atoms with E-state index in [4.69, 9.17) is 11.6 Å². The van der Waals surface area contributed by atoms with Crippen LogP contribution in [0.4, 0.5) is 0 Å². The second-order valence-corrected chi connectivity index (χ2v) is 5.33. The zero-order valence-corrected chi connectivity index (χ0v) is 10.7. The summed E-state index contributed by atoms with van der Waals surface area (Å²) in [6, 6.07) is 0.462. The normalized spacial score (nSPS) is 18.5. The summed E-state index contributed by atoms with van der Waals surface area (Å²) in [5.74, 6) is 1.25. The first-order valence-corrected chi connectivity index (χ1v) is 6.14. The zero-order chi connectivity index (χ0) is 11.2. The molecule has 0 N–H and O–H groups in total. The van der Waals surface area contributed by atoms with Gasteiger partial charge in [0.2, 0.25) is 0 Å². The fraction of sp³-hybridized carbons (Fsp3) is 0.750. The van der Waals surface area contributed by atoms with Crippen molar-refractivity contribution in [2.75, 3.05) is 0 Å². The van der Waals surface area contributed by atoms with Crippen molar-refractivity contribution in [1.82, 2.24) is 9.78 Å². The highest BCUT2D eigenvalue weighted by atomic mass is 35.5. The summed E-state index contributed by atoms with van der Waals surface area (Å²) < 4.78 is 2.02. The van der Waals surface area contributed by atoms with E-state index >= 15 is 0 Å². The summed E-state index contributed by atoms with van der Waals surface area (Å²) in [6.45, 7) is 8.61. The fourth-order valence-electron chi connectivity index (χ4n) is 2.24. The highest BCUT2D eigenvalue weighted by Crippen LogP contribution is 2.41. The van der Waals surface area contributed by atoms with Crippen LogP contribution in [0.25, 0.3) is 0 Å². The van der Waals surface area contributed by atoms with Crippen LogP contribution in [-0.2, 0) is 0 Å². The topological polar surface area (TPSA) is 17.8 Å². The largest absolute Gasteiger partial charge is 0.250 e. The smallest absolute Gasteiger partial charge is 0.131 e. The van der Waals surface area contributed by atoms with E-state index in [9.17, 15) is 0 Å². The van der Waals surface area contributed by atoms with E-state index in [1.165, 1.54) is 18.4 Å². The molecule has 1 aliphatic carbocycles. The Kier molecular flexibility index (Phi) is 2.80. The monoisotopic (exact) mass is 226 g/mol.